The number of carbonyl (C=O) groups is 3. The van der Waals surface area contributed by atoms with Crippen molar-refractivity contribution >= 4 is 18.0 Å². The highest BCUT2D eigenvalue weighted by atomic mass is 16.5. The third-order valence-corrected chi connectivity index (χ3v) is 5.63. The van der Waals surface area contributed by atoms with E-state index >= 15 is 0 Å². The molecule has 1 aliphatic rings. The van der Waals surface area contributed by atoms with Crippen molar-refractivity contribution in [1.82, 2.24) is 10.6 Å². The summed E-state index contributed by atoms with van der Waals surface area (Å²) in [6.07, 6.45) is 1.54. The SMILES string of the molecule is CC(CCCC(=O)O)NC(=O)CCCNC(=O)OCC1c2ccccc2-c2ccccc21. The van der Waals surface area contributed by atoms with Crippen molar-refractivity contribution in [2.45, 2.75) is 51.0 Å². The summed E-state index contributed by atoms with van der Waals surface area (Å²) in [6, 6.07) is 16.3. The minimum absolute atomic E-state index is 0.0153. The van der Waals surface area contributed by atoms with Crippen LogP contribution in [0.1, 0.15) is 56.1 Å². The summed E-state index contributed by atoms with van der Waals surface area (Å²) in [5.74, 6) is -0.924. The predicted octanol–water partition coefficient (Wildman–Crippen LogP) is 4.06. The highest BCUT2D eigenvalue weighted by Gasteiger charge is 2.28. The van der Waals surface area contributed by atoms with E-state index < -0.39 is 12.1 Å². The third kappa shape index (κ3) is 6.33. The molecule has 3 rings (SSSR count). The van der Waals surface area contributed by atoms with E-state index in [1.165, 1.54) is 11.1 Å². The first-order valence-corrected chi connectivity index (χ1v) is 11.1. The summed E-state index contributed by atoms with van der Waals surface area (Å²) in [7, 11) is 0. The summed E-state index contributed by atoms with van der Waals surface area (Å²) >= 11 is 0. The second kappa shape index (κ2) is 11.3. The highest BCUT2D eigenvalue weighted by Crippen LogP contribution is 2.44. The van der Waals surface area contributed by atoms with Gasteiger partial charge in [-0.15, -0.1) is 0 Å². The second-order valence-corrected chi connectivity index (χ2v) is 8.11. The first-order chi connectivity index (χ1) is 15.5. The Morgan fingerprint density at radius 3 is 2.22 bits per heavy atom. The zero-order valence-corrected chi connectivity index (χ0v) is 18.3. The number of amides is 2. The number of carboxylic acids is 1. The van der Waals surface area contributed by atoms with Crippen LogP contribution < -0.4 is 10.6 Å². The van der Waals surface area contributed by atoms with Gasteiger partial charge in [-0.2, -0.15) is 0 Å². The minimum atomic E-state index is -0.831. The van der Waals surface area contributed by atoms with Crippen molar-refractivity contribution in [2.75, 3.05) is 13.2 Å². The van der Waals surface area contributed by atoms with Crippen molar-refractivity contribution in [3.63, 3.8) is 0 Å². The van der Waals surface area contributed by atoms with Crippen LogP contribution in [-0.2, 0) is 14.3 Å². The van der Waals surface area contributed by atoms with Gasteiger partial charge in [-0.1, -0.05) is 48.5 Å². The summed E-state index contributed by atoms with van der Waals surface area (Å²) in [6.45, 7) is 2.46. The molecule has 7 nitrogen and oxygen atoms in total. The van der Waals surface area contributed by atoms with Crippen LogP contribution in [0.5, 0.6) is 0 Å². The Kier molecular flexibility index (Phi) is 8.25. The van der Waals surface area contributed by atoms with E-state index in [2.05, 4.69) is 34.9 Å². The topological polar surface area (TPSA) is 105 Å². The molecule has 0 fully saturated rings. The number of hydrogen-bond acceptors (Lipinski definition) is 4. The fourth-order valence-corrected chi connectivity index (χ4v) is 4.07. The second-order valence-electron chi connectivity index (χ2n) is 8.11. The molecule has 0 spiro atoms. The molecule has 0 radical (unpaired) electrons. The van der Waals surface area contributed by atoms with Gasteiger partial charge >= 0.3 is 12.1 Å². The third-order valence-electron chi connectivity index (χ3n) is 5.63. The maximum atomic E-state index is 12.1. The fourth-order valence-electron chi connectivity index (χ4n) is 4.07. The van der Waals surface area contributed by atoms with Gasteiger partial charge in [-0.25, -0.2) is 4.79 Å². The fraction of sp³-hybridized carbons (Fsp3) is 0.400. The Morgan fingerprint density at radius 1 is 0.969 bits per heavy atom. The van der Waals surface area contributed by atoms with E-state index in [0.717, 1.165) is 11.1 Å². The molecule has 0 aliphatic heterocycles. The van der Waals surface area contributed by atoms with Crippen LogP contribution in [0.2, 0.25) is 0 Å². The van der Waals surface area contributed by atoms with Gasteiger partial charge < -0.3 is 20.5 Å². The molecule has 2 aromatic rings. The number of nitrogens with one attached hydrogen (secondary N) is 2. The zero-order valence-electron chi connectivity index (χ0n) is 18.3. The number of benzene rings is 2. The maximum absolute atomic E-state index is 12.1. The lowest BCUT2D eigenvalue weighted by molar-refractivity contribution is -0.137. The molecule has 0 saturated carbocycles. The van der Waals surface area contributed by atoms with Crippen molar-refractivity contribution in [3.05, 3.63) is 59.7 Å². The Balaban J connectivity index is 1.36. The van der Waals surface area contributed by atoms with Gasteiger partial charge in [0.05, 0.1) is 0 Å². The van der Waals surface area contributed by atoms with Crippen LogP contribution in [0.15, 0.2) is 48.5 Å². The van der Waals surface area contributed by atoms with Gasteiger partial charge in [0.15, 0.2) is 0 Å². The molecule has 3 N–H and O–H groups in total. The summed E-state index contributed by atoms with van der Waals surface area (Å²) < 4.78 is 5.48. The lowest BCUT2D eigenvalue weighted by atomic mass is 9.98. The molecule has 1 aliphatic carbocycles. The van der Waals surface area contributed by atoms with Crippen LogP contribution in [0, 0.1) is 0 Å². The van der Waals surface area contributed by atoms with Crippen LogP contribution in [0.4, 0.5) is 4.79 Å². The Bertz CT molecular complexity index is 913. The van der Waals surface area contributed by atoms with Crippen LogP contribution in [0.25, 0.3) is 11.1 Å². The largest absolute Gasteiger partial charge is 0.481 e. The molecule has 1 unspecified atom stereocenters. The number of alkyl carbamates (subject to hydrolysis) is 1. The molecular formula is C25H30N2O5. The number of ether oxygens (including phenoxy) is 1. The van der Waals surface area contributed by atoms with Gasteiger partial charge in [0.2, 0.25) is 5.91 Å². The molecule has 0 bridgehead atoms. The van der Waals surface area contributed by atoms with Crippen LogP contribution >= 0.6 is 0 Å². The van der Waals surface area contributed by atoms with Crippen LogP contribution in [-0.4, -0.2) is 42.3 Å². The molecule has 1 atom stereocenters. The highest BCUT2D eigenvalue weighted by molar-refractivity contribution is 5.79. The molecule has 0 saturated heterocycles. The average molecular weight is 439 g/mol. The Hall–Kier alpha value is -3.35. The predicted molar refractivity (Wildman–Crippen MR) is 121 cm³/mol. The first-order valence-electron chi connectivity index (χ1n) is 11.1. The molecule has 7 heteroatoms. The molecule has 2 aromatic carbocycles. The zero-order chi connectivity index (χ0) is 22.9. The summed E-state index contributed by atoms with van der Waals surface area (Å²) in [4.78, 5) is 34.6. The van der Waals surface area contributed by atoms with E-state index in [4.69, 9.17) is 9.84 Å². The van der Waals surface area contributed by atoms with E-state index in [1.54, 1.807) is 0 Å². The molecular weight excluding hydrogens is 408 g/mol. The van der Waals surface area contributed by atoms with Crippen molar-refractivity contribution < 1.29 is 24.2 Å². The number of hydrogen-bond donors (Lipinski definition) is 3. The lowest BCUT2D eigenvalue weighted by Gasteiger charge is -2.15. The van der Waals surface area contributed by atoms with E-state index in [9.17, 15) is 14.4 Å². The minimum Gasteiger partial charge on any atom is -0.481 e. The molecule has 0 heterocycles. The normalized spacial score (nSPS) is 13.0. The molecule has 170 valence electrons. The monoisotopic (exact) mass is 438 g/mol. The smallest absolute Gasteiger partial charge is 0.407 e. The number of carbonyl (C=O) groups excluding carboxylic acids is 2. The maximum Gasteiger partial charge on any atom is 0.407 e. The quantitative estimate of drug-likeness (QED) is 0.459. The average Bonchev–Trinajstić information content (AvgIpc) is 3.09. The standard InChI is InChI=1S/C25H30N2O5/c1-17(8-6-14-24(29)30)27-23(28)13-7-15-26-25(31)32-16-22-20-11-4-2-9-18(20)19-10-3-5-12-21(19)22/h2-5,9-12,17,22H,6-8,13-16H2,1H3,(H,26,31)(H,27,28)(H,29,30). The van der Waals surface area contributed by atoms with Gasteiger partial charge in [0.25, 0.3) is 0 Å². The van der Waals surface area contributed by atoms with Gasteiger partial charge in [0.1, 0.15) is 6.61 Å². The molecule has 0 aromatic heterocycles. The Morgan fingerprint density at radius 2 is 1.59 bits per heavy atom. The van der Waals surface area contributed by atoms with Gasteiger partial charge in [0, 0.05) is 31.3 Å². The lowest BCUT2D eigenvalue weighted by Crippen LogP contribution is -2.33. The van der Waals surface area contributed by atoms with Crippen LogP contribution in [0.3, 0.4) is 0 Å². The van der Waals surface area contributed by atoms with E-state index in [-0.39, 0.29) is 37.3 Å². The number of aliphatic carboxylic acids is 1. The summed E-state index contributed by atoms with van der Waals surface area (Å²) in [5, 5.41) is 14.2. The van der Waals surface area contributed by atoms with E-state index in [0.29, 0.717) is 25.8 Å². The van der Waals surface area contributed by atoms with E-state index in [1.807, 2.05) is 31.2 Å². The number of rotatable bonds is 11. The Labute approximate surface area is 188 Å². The number of fused-ring (bicyclic) bond motifs is 3. The van der Waals surface area contributed by atoms with Crippen molar-refractivity contribution in [1.29, 1.82) is 0 Å². The van der Waals surface area contributed by atoms with Crippen molar-refractivity contribution in [2.24, 2.45) is 0 Å². The molecule has 2 amide bonds. The number of carboxylic acid groups (broad SMARTS) is 1. The van der Waals surface area contributed by atoms with Gasteiger partial charge in [-0.05, 0) is 48.4 Å². The van der Waals surface area contributed by atoms with Crippen molar-refractivity contribution in [3.8, 4) is 11.1 Å². The summed E-state index contributed by atoms with van der Waals surface area (Å²) in [5.41, 5.74) is 4.69. The first kappa shape index (κ1) is 23.3. The molecule has 32 heavy (non-hydrogen) atoms. The van der Waals surface area contributed by atoms with Gasteiger partial charge in [-0.3, -0.25) is 9.59 Å².